The van der Waals surface area contributed by atoms with Crippen LogP contribution in [-0.2, 0) is 20.4 Å². The lowest BCUT2D eigenvalue weighted by atomic mass is 9.90. The number of carbonyl (C=O) groups is 2. The van der Waals surface area contributed by atoms with Crippen LogP contribution in [0.15, 0.2) is 48.7 Å². The quantitative estimate of drug-likeness (QED) is 0.242. The highest BCUT2D eigenvalue weighted by atomic mass is 28.3. The summed E-state index contributed by atoms with van der Waals surface area (Å²) in [5, 5.41) is 1.19. The third-order valence-corrected chi connectivity index (χ3v) is 8.01. The van der Waals surface area contributed by atoms with Crippen molar-refractivity contribution < 1.29 is 15.4 Å². The molecule has 4 nitrogen and oxygen atoms in total. The number of carbonyl (C=O) groups excluding carboxylic acids is 2. The van der Waals surface area contributed by atoms with E-state index in [1.54, 1.807) is 13.8 Å². The molecule has 2 fully saturated rings. The predicted molar refractivity (Wildman–Crippen MR) is 150 cm³/mol. The average Bonchev–Trinajstić information content (AvgIpc) is 3.75. The first kappa shape index (κ1) is 25.9. The number of benzene rings is 2. The van der Waals surface area contributed by atoms with Crippen molar-refractivity contribution in [2.75, 3.05) is 12.9 Å². The Morgan fingerprint density at radius 3 is 2.00 bits per heavy atom. The van der Waals surface area contributed by atoms with Gasteiger partial charge in [0.25, 0.3) is 0 Å². The van der Waals surface area contributed by atoms with Gasteiger partial charge in [-0.25, -0.2) is 0 Å². The topological polar surface area (TPSA) is 76.0 Å². The van der Waals surface area contributed by atoms with Gasteiger partial charge < -0.3 is 10.7 Å². The molecule has 2 aliphatic rings. The van der Waals surface area contributed by atoms with Gasteiger partial charge in [-0.2, -0.15) is 0 Å². The molecule has 2 aromatic carbocycles. The molecule has 36 heavy (non-hydrogen) atoms. The molecule has 1 aromatic heterocycles. The van der Waals surface area contributed by atoms with Gasteiger partial charge in [-0.3, -0.25) is 14.0 Å². The fraction of sp³-hybridized carbons (Fsp3) is 0.400. The number of nitrogens with one attached hydrogen (secondary N) is 1. The number of hydrogen-bond donors (Lipinski definition) is 2. The predicted octanol–water partition coefficient (Wildman–Crippen LogP) is 6.49. The van der Waals surface area contributed by atoms with Crippen LogP contribution < -0.4 is 5.73 Å². The Morgan fingerprint density at radius 2 is 1.50 bits per heavy atom. The summed E-state index contributed by atoms with van der Waals surface area (Å²) in [5.41, 5.74) is 13.9. The van der Waals surface area contributed by atoms with Crippen molar-refractivity contribution in [3.8, 4) is 11.5 Å². The van der Waals surface area contributed by atoms with Crippen LogP contribution in [0.1, 0.15) is 57.6 Å². The molecule has 2 saturated carbocycles. The standard InChI is InChI=1S/C16H21NOSi.C13H13NO.CH3F/c1-12(18)16(8-9-16)14-5-6-15(17)13(11-14)7-10-19(2,3)4;1-9(15)13(5-6-13)11-2-3-12-10(8-11)4-7-14-12;1-2/h5-6,11H,8-9,17H2,1-4H3;2-4,7-8,14H,5-6H2,1H3;1H3/i;;1D. The van der Waals surface area contributed by atoms with Crippen molar-refractivity contribution in [3.63, 3.8) is 0 Å². The molecule has 0 unspecified atom stereocenters. The summed E-state index contributed by atoms with van der Waals surface area (Å²) in [6, 6.07) is 14.2. The molecule has 0 saturated heterocycles. The summed E-state index contributed by atoms with van der Waals surface area (Å²) in [4.78, 5) is 26.5. The van der Waals surface area contributed by atoms with Crippen LogP contribution in [0.3, 0.4) is 0 Å². The highest BCUT2D eigenvalue weighted by molar-refractivity contribution is 6.83. The van der Waals surface area contributed by atoms with Gasteiger partial charge in [-0.1, -0.05) is 37.7 Å². The summed E-state index contributed by atoms with van der Waals surface area (Å²) >= 11 is 0. The van der Waals surface area contributed by atoms with Gasteiger partial charge in [0, 0.05) is 23.0 Å². The third-order valence-electron chi connectivity index (χ3n) is 7.13. The van der Waals surface area contributed by atoms with E-state index in [0.29, 0.717) is 11.5 Å². The van der Waals surface area contributed by atoms with Crippen LogP contribution in [0.2, 0.25) is 19.6 Å². The minimum atomic E-state index is -1.42. The minimum absolute atomic E-state index is 0.147. The van der Waals surface area contributed by atoms with Crippen molar-refractivity contribution in [2.45, 2.75) is 70.0 Å². The van der Waals surface area contributed by atoms with Gasteiger partial charge in [0.2, 0.25) is 0 Å². The maximum absolute atomic E-state index is 11.8. The van der Waals surface area contributed by atoms with Crippen LogP contribution in [0.25, 0.3) is 10.9 Å². The number of fused-ring (bicyclic) bond motifs is 1. The third kappa shape index (κ3) is 5.79. The molecule has 5 rings (SSSR count). The summed E-state index contributed by atoms with van der Waals surface area (Å²) in [7, 11) is -2.42. The number of alkyl halides is 1. The summed E-state index contributed by atoms with van der Waals surface area (Å²) in [5.74, 6) is 3.76. The maximum Gasteiger partial charge on any atom is 0.140 e. The zero-order valence-corrected chi connectivity index (χ0v) is 22.9. The van der Waals surface area contributed by atoms with Crippen LogP contribution in [0.5, 0.6) is 0 Å². The molecule has 0 amide bonds. The van der Waals surface area contributed by atoms with E-state index in [2.05, 4.69) is 60.4 Å². The van der Waals surface area contributed by atoms with Crippen molar-refractivity contribution >= 4 is 36.2 Å². The molecule has 0 bridgehead atoms. The molecule has 3 N–H and O–H groups in total. The Kier molecular flexibility index (Phi) is 7.51. The summed E-state index contributed by atoms with van der Waals surface area (Å²) in [6.07, 6.45) is 5.86. The molecule has 2 aliphatic carbocycles. The van der Waals surface area contributed by atoms with Crippen molar-refractivity contribution in [1.82, 2.24) is 4.98 Å². The number of nitrogens with two attached hydrogens (primary N) is 1. The normalized spacial score (nSPS) is 16.7. The number of hydrogen-bond acceptors (Lipinski definition) is 3. The van der Waals surface area contributed by atoms with Crippen molar-refractivity contribution in [1.29, 1.82) is 0 Å². The Balaban J connectivity index is 0.000000189. The van der Waals surface area contributed by atoms with Crippen molar-refractivity contribution in [3.05, 3.63) is 65.4 Å². The average molecular weight is 506 g/mol. The van der Waals surface area contributed by atoms with E-state index < -0.39 is 15.2 Å². The molecule has 0 spiro atoms. The minimum Gasteiger partial charge on any atom is -0.398 e. The highest BCUT2D eigenvalue weighted by Gasteiger charge is 2.49. The number of aromatic nitrogens is 1. The second-order valence-corrected chi connectivity index (χ2v) is 15.6. The smallest absolute Gasteiger partial charge is 0.140 e. The lowest BCUT2D eigenvalue weighted by Crippen LogP contribution is -2.18. The second kappa shape index (κ2) is 10.4. The van der Waals surface area contributed by atoms with E-state index in [9.17, 15) is 14.0 Å². The second-order valence-electron chi connectivity index (χ2n) is 10.9. The van der Waals surface area contributed by atoms with Crippen LogP contribution >= 0.6 is 0 Å². The maximum atomic E-state index is 11.8. The number of anilines is 1. The molecule has 0 aliphatic heterocycles. The van der Waals surface area contributed by atoms with E-state index in [-0.39, 0.29) is 16.6 Å². The molecule has 0 radical (unpaired) electrons. The van der Waals surface area contributed by atoms with Gasteiger partial charge in [-0.05, 0) is 86.4 Å². The largest absolute Gasteiger partial charge is 0.398 e. The monoisotopic (exact) mass is 505 g/mol. The summed E-state index contributed by atoms with van der Waals surface area (Å²) < 4.78 is 15.5. The molecular formula is C30H37FN2O2Si. The number of Topliss-reactive ketones (excluding diaryl/α,β-unsaturated/α-hetero) is 2. The lowest BCUT2D eigenvalue weighted by Gasteiger charge is -2.13. The number of aromatic amines is 1. The number of ketones is 2. The molecule has 0 atom stereocenters. The molecule has 190 valence electrons. The van der Waals surface area contributed by atoms with Gasteiger partial charge in [0.1, 0.15) is 19.6 Å². The van der Waals surface area contributed by atoms with Gasteiger partial charge in [-0.15, -0.1) is 5.54 Å². The lowest BCUT2D eigenvalue weighted by molar-refractivity contribution is -0.120. The first-order valence-electron chi connectivity index (χ1n) is 13.0. The first-order valence-corrected chi connectivity index (χ1v) is 15.8. The Labute approximate surface area is 216 Å². The van der Waals surface area contributed by atoms with E-state index >= 15 is 0 Å². The highest BCUT2D eigenvalue weighted by Crippen LogP contribution is 2.50. The number of nitrogen functional groups attached to an aromatic ring is 1. The van der Waals surface area contributed by atoms with E-state index in [1.165, 1.54) is 10.9 Å². The number of rotatable bonds is 4. The Bertz CT molecular complexity index is 1360. The summed E-state index contributed by atoms with van der Waals surface area (Å²) in [6.45, 7) is 10.00. The van der Waals surface area contributed by atoms with E-state index in [1.807, 2.05) is 24.4 Å². The molecule has 6 heteroatoms. The van der Waals surface area contributed by atoms with Gasteiger partial charge >= 0.3 is 0 Å². The fourth-order valence-corrected chi connectivity index (χ4v) is 5.02. The van der Waals surface area contributed by atoms with Crippen LogP contribution in [0.4, 0.5) is 10.1 Å². The van der Waals surface area contributed by atoms with E-state index in [0.717, 1.165) is 42.3 Å². The first-order chi connectivity index (χ1) is 17.4. The zero-order chi connectivity index (χ0) is 27.4. The molecule has 1 heterocycles. The van der Waals surface area contributed by atoms with Crippen molar-refractivity contribution in [2.24, 2.45) is 0 Å². The van der Waals surface area contributed by atoms with Crippen LogP contribution in [-0.4, -0.2) is 31.8 Å². The SMILES string of the molecule is CC(=O)C1(c2ccc(N)c(C#C[Si](C)(C)C)c2)CC1.CC(=O)C1(c2ccc3[nH]ccc3c2)CC1.[2H]CF. The Hall–Kier alpha value is -3.17. The van der Waals surface area contributed by atoms with E-state index in [4.69, 9.17) is 7.10 Å². The molecular weight excluding hydrogens is 467 g/mol. The molecule has 3 aromatic rings. The Morgan fingerprint density at radius 1 is 0.972 bits per heavy atom. The number of H-pyrrole nitrogens is 1. The fourth-order valence-electron chi connectivity index (χ4n) is 4.51. The van der Waals surface area contributed by atoms with Gasteiger partial charge in [0.05, 0.1) is 19.4 Å². The van der Waals surface area contributed by atoms with Gasteiger partial charge in [0.15, 0.2) is 0 Å². The number of halogens is 1. The van der Waals surface area contributed by atoms with Crippen LogP contribution in [0, 0.1) is 11.5 Å². The zero-order valence-electron chi connectivity index (χ0n) is 22.9.